The monoisotopic (exact) mass is 317 g/mol. The zero-order valence-electron chi connectivity index (χ0n) is 15.4. The van der Waals surface area contributed by atoms with Crippen molar-refractivity contribution in [3.8, 4) is 0 Å². The van der Waals surface area contributed by atoms with E-state index >= 15 is 0 Å². The lowest BCUT2D eigenvalue weighted by Gasteiger charge is -2.28. The van der Waals surface area contributed by atoms with E-state index in [2.05, 4.69) is 88.1 Å². The fraction of sp³-hybridized carbons (Fsp3) is 0.348. The summed E-state index contributed by atoms with van der Waals surface area (Å²) in [4.78, 5) is 4.15. The molecule has 24 heavy (non-hydrogen) atoms. The first-order valence-corrected chi connectivity index (χ1v) is 8.70. The number of fused-ring (bicyclic) bond motifs is 1. The van der Waals surface area contributed by atoms with Crippen molar-refractivity contribution in [3.05, 3.63) is 77.6 Å². The van der Waals surface area contributed by atoms with E-state index in [0.717, 1.165) is 6.42 Å². The van der Waals surface area contributed by atoms with Crippen LogP contribution in [-0.4, -0.2) is 4.98 Å². The summed E-state index contributed by atoms with van der Waals surface area (Å²) in [6.07, 6.45) is 4.79. The highest BCUT2D eigenvalue weighted by Crippen LogP contribution is 2.34. The molecule has 1 heteroatoms. The minimum atomic E-state index is 0.0839. The molecule has 0 radical (unpaired) electrons. The summed E-state index contributed by atoms with van der Waals surface area (Å²) in [5.74, 6) is 0. The summed E-state index contributed by atoms with van der Waals surface area (Å²) in [6, 6.07) is 17.8. The van der Waals surface area contributed by atoms with Crippen LogP contribution in [0.5, 0.6) is 0 Å². The van der Waals surface area contributed by atoms with E-state index < -0.39 is 0 Å². The van der Waals surface area contributed by atoms with Gasteiger partial charge in [0.1, 0.15) is 0 Å². The number of benzene rings is 2. The van der Waals surface area contributed by atoms with Gasteiger partial charge in [0.25, 0.3) is 0 Å². The Labute approximate surface area is 145 Å². The molecule has 124 valence electrons. The number of hydrogen-bond donors (Lipinski definition) is 0. The van der Waals surface area contributed by atoms with Gasteiger partial charge in [-0.3, -0.25) is 4.98 Å². The highest BCUT2D eigenvalue weighted by Gasteiger charge is 2.23. The number of nitrogens with zero attached hydrogens (tertiary/aromatic N) is 1. The molecule has 0 saturated carbocycles. The average Bonchev–Trinajstić information content (AvgIpc) is 2.54. The Balaban J connectivity index is 2.07. The molecule has 0 bridgehead atoms. The van der Waals surface area contributed by atoms with E-state index in [-0.39, 0.29) is 10.8 Å². The SMILES string of the molecule is CC(C)(C)c1cc(CC(C)(C)c2ccncc2)cc2ccccc12. The summed E-state index contributed by atoms with van der Waals surface area (Å²) in [7, 11) is 0. The summed E-state index contributed by atoms with van der Waals surface area (Å²) < 4.78 is 0. The molecule has 0 fully saturated rings. The van der Waals surface area contributed by atoms with Gasteiger partial charge in [0.05, 0.1) is 0 Å². The van der Waals surface area contributed by atoms with Crippen LogP contribution in [-0.2, 0) is 17.3 Å². The van der Waals surface area contributed by atoms with E-state index in [9.17, 15) is 0 Å². The van der Waals surface area contributed by atoms with Gasteiger partial charge in [-0.2, -0.15) is 0 Å². The molecule has 3 aromatic rings. The van der Waals surface area contributed by atoms with Crippen molar-refractivity contribution in [1.82, 2.24) is 4.98 Å². The molecule has 0 aliphatic heterocycles. The van der Waals surface area contributed by atoms with Crippen LogP contribution in [0.25, 0.3) is 10.8 Å². The fourth-order valence-corrected chi connectivity index (χ4v) is 3.51. The molecule has 0 unspecified atom stereocenters. The number of hydrogen-bond acceptors (Lipinski definition) is 1. The van der Waals surface area contributed by atoms with Gasteiger partial charge in [0.2, 0.25) is 0 Å². The van der Waals surface area contributed by atoms with Crippen LogP contribution in [0.15, 0.2) is 60.9 Å². The molecular weight excluding hydrogens is 290 g/mol. The minimum Gasteiger partial charge on any atom is -0.265 e. The molecule has 1 aromatic heterocycles. The molecule has 0 spiro atoms. The van der Waals surface area contributed by atoms with Gasteiger partial charge in [-0.15, -0.1) is 0 Å². The Morgan fingerprint density at radius 3 is 2.17 bits per heavy atom. The first kappa shape index (κ1) is 16.7. The van der Waals surface area contributed by atoms with Crippen molar-refractivity contribution in [2.45, 2.75) is 51.9 Å². The van der Waals surface area contributed by atoms with Gasteiger partial charge >= 0.3 is 0 Å². The maximum atomic E-state index is 4.15. The molecule has 1 nitrogen and oxygen atoms in total. The van der Waals surface area contributed by atoms with Crippen molar-refractivity contribution in [1.29, 1.82) is 0 Å². The highest BCUT2D eigenvalue weighted by molar-refractivity contribution is 5.87. The second kappa shape index (κ2) is 6.05. The van der Waals surface area contributed by atoms with Crippen LogP contribution in [0.3, 0.4) is 0 Å². The van der Waals surface area contributed by atoms with Crippen molar-refractivity contribution < 1.29 is 0 Å². The Kier molecular flexibility index (Phi) is 4.21. The van der Waals surface area contributed by atoms with Crippen LogP contribution >= 0.6 is 0 Å². The molecule has 0 saturated heterocycles. The average molecular weight is 317 g/mol. The van der Waals surface area contributed by atoms with Gasteiger partial charge in [-0.25, -0.2) is 0 Å². The Hall–Kier alpha value is -2.15. The molecular formula is C23H27N. The summed E-state index contributed by atoms with van der Waals surface area (Å²) in [6.45, 7) is 11.5. The fourth-order valence-electron chi connectivity index (χ4n) is 3.51. The van der Waals surface area contributed by atoms with Gasteiger partial charge < -0.3 is 0 Å². The molecule has 0 aliphatic carbocycles. The lowest BCUT2D eigenvalue weighted by Crippen LogP contribution is -2.21. The molecule has 0 amide bonds. The topological polar surface area (TPSA) is 12.9 Å². The van der Waals surface area contributed by atoms with E-state index in [4.69, 9.17) is 0 Å². The number of rotatable bonds is 3. The zero-order chi connectivity index (χ0) is 17.4. The maximum Gasteiger partial charge on any atom is 0.0270 e. The summed E-state index contributed by atoms with van der Waals surface area (Å²) in [5.41, 5.74) is 4.39. The van der Waals surface area contributed by atoms with Crippen LogP contribution in [0.1, 0.15) is 51.3 Å². The Morgan fingerprint density at radius 1 is 0.833 bits per heavy atom. The van der Waals surface area contributed by atoms with Crippen molar-refractivity contribution in [3.63, 3.8) is 0 Å². The van der Waals surface area contributed by atoms with Crippen LogP contribution in [0, 0.1) is 0 Å². The van der Waals surface area contributed by atoms with Crippen LogP contribution in [0.2, 0.25) is 0 Å². The highest BCUT2D eigenvalue weighted by atomic mass is 14.6. The lowest BCUT2D eigenvalue weighted by atomic mass is 9.77. The Bertz CT molecular complexity index is 839. The molecule has 0 N–H and O–H groups in total. The number of pyridine rings is 1. The smallest absolute Gasteiger partial charge is 0.0270 e. The van der Waals surface area contributed by atoms with Crippen molar-refractivity contribution in [2.75, 3.05) is 0 Å². The standard InChI is InChI=1S/C23H27N/c1-22(2,3)21-15-17(14-18-8-6-7-9-20(18)21)16-23(4,5)19-10-12-24-13-11-19/h6-15H,16H2,1-5H3. The normalized spacial score (nSPS) is 12.5. The minimum absolute atomic E-state index is 0.0839. The second-order valence-electron chi connectivity index (χ2n) is 8.41. The molecule has 0 aliphatic rings. The maximum absolute atomic E-state index is 4.15. The van der Waals surface area contributed by atoms with E-state index in [1.54, 1.807) is 0 Å². The summed E-state index contributed by atoms with van der Waals surface area (Å²) in [5, 5.41) is 2.71. The van der Waals surface area contributed by atoms with E-state index in [1.165, 1.54) is 27.5 Å². The predicted octanol–water partition coefficient (Wildman–Crippen LogP) is 6.05. The van der Waals surface area contributed by atoms with Crippen molar-refractivity contribution in [2.24, 2.45) is 0 Å². The van der Waals surface area contributed by atoms with Gasteiger partial charge in [-0.1, -0.05) is 71.0 Å². The largest absolute Gasteiger partial charge is 0.265 e. The third-order valence-corrected chi connectivity index (χ3v) is 4.84. The molecule has 0 atom stereocenters. The van der Waals surface area contributed by atoms with Gasteiger partial charge in [0, 0.05) is 12.4 Å². The molecule has 2 aromatic carbocycles. The first-order chi connectivity index (χ1) is 11.3. The van der Waals surface area contributed by atoms with Gasteiger partial charge in [-0.05, 0) is 56.8 Å². The van der Waals surface area contributed by atoms with Gasteiger partial charge in [0.15, 0.2) is 0 Å². The lowest BCUT2D eigenvalue weighted by molar-refractivity contribution is 0.520. The molecule has 3 rings (SSSR count). The third kappa shape index (κ3) is 3.36. The summed E-state index contributed by atoms with van der Waals surface area (Å²) >= 11 is 0. The first-order valence-electron chi connectivity index (χ1n) is 8.70. The van der Waals surface area contributed by atoms with Crippen LogP contribution < -0.4 is 0 Å². The van der Waals surface area contributed by atoms with E-state index in [0.29, 0.717) is 0 Å². The Morgan fingerprint density at radius 2 is 1.50 bits per heavy atom. The van der Waals surface area contributed by atoms with Crippen molar-refractivity contribution >= 4 is 10.8 Å². The number of aromatic nitrogens is 1. The quantitative estimate of drug-likeness (QED) is 0.573. The zero-order valence-corrected chi connectivity index (χ0v) is 15.4. The van der Waals surface area contributed by atoms with E-state index in [1.807, 2.05) is 12.4 Å². The predicted molar refractivity (Wildman–Crippen MR) is 104 cm³/mol. The second-order valence-corrected chi connectivity index (χ2v) is 8.41. The van der Waals surface area contributed by atoms with Crippen LogP contribution in [0.4, 0.5) is 0 Å². The third-order valence-electron chi connectivity index (χ3n) is 4.84. The molecule has 1 heterocycles.